The third-order valence-electron chi connectivity index (χ3n) is 9.96. The minimum atomic E-state index is -2.78. The smallest absolute Gasteiger partial charge is 0.317 e. The Kier molecular flexibility index (Phi) is 38.9. The topological polar surface area (TPSA) is 133 Å². The van der Waals surface area contributed by atoms with E-state index in [1.54, 1.807) is 0 Å². The summed E-state index contributed by atoms with van der Waals surface area (Å²) in [6, 6.07) is 1.51. The van der Waals surface area contributed by atoms with Gasteiger partial charge in [0.05, 0.1) is 66.1 Å². The Balaban J connectivity index is 4.15. The Bertz CT molecular complexity index is 994. The molecule has 0 bridgehead atoms. The molecule has 0 fully saturated rings. The van der Waals surface area contributed by atoms with E-state index < -0.39 is 48.4 Å². The minimum absolute atomic E-state index is 0.109. The van der Waals surface area contributed by atoms with Crippen LogP contribution >= 0.6 is 0 Å². The van der Waals surface area contributed by atoms with Crippen LogP contribution in [0.2, 0.25) is 77.6 Å². The fourth-order valence-electron chi connectivity index (χ4n) is 7.63. The van der Waals surface area contributed by atoms with E-state index in [1.807, 2.05) is 0 Å². The Morgan fingerprint density at radius 3 is 1.05 bits per heavy atom. The summed E-state index contributed by atoms with van der Waals surface area (Å²) in [6.45, 7) is 30.1. The van der Waals surface area contributed by atoms with E-state index >= 15 is 0 Å². The molecule has 2 N–H and O–H groups in total. The van der Waals surface area contributed by atoms with E-state index in [2.05, 4.69) is 72.4 Å². The lowest BCUT2D eigenvalue weighted by Gasteiger charge is -2.44. The van der Waals surface area contributed by atoms with Gasteiger partial charge in [-0.25, -0.2) is 0 Å². The van der Waals surface area contributed by atoms with Gasteiger partial charge < -0.3 is 55.1 Å². The van der Waals surface area contributed by atoms with Gasteiger partial charge in [0.25, 0.3) is 0 Å². The van der Waals surface area contributed by atoms with Crippen LogP contribution in [0.3, 0.4) is 0 Å². The number of hydrogen-bond acceptors (Lipinski definition) is 12. The van der Waals surface area contributed by atoms with Crippen molar-refractivity contribution in [2.75, 3.05) is 85.9 Å². The van der Waals surface area contributed by atoms with Crippen molar-refractivity contribution < 1.29 is 55.1 Å². The zero-order valence-electron chi connectivity index (χ0n) is 42.4. The molecule has 0 aliphatic carbocycles. The molecule has 0 aliphatic heterocycles. The molecular formula is C45H102O12Si5. The third kappa shape index (κ3) is 43.2. The number of ether oxygens (including phenoxy) is 6. The Labute approximate surface area is 387 Å². The molecule has 0 aromatic rings. The Morgan fingerprint density at radius 1 is 0.355 bits per heavy atom. The highest BCUT2D eigenvalue weighted by molar-refractivity contribution is 6.90. The molecule has 17 heteroatoms. The van der Waals surface area contributed by atoms with Crippen molar-refractivity contribution in [1.82, 2.24) is 0 Å². The summed E-state index contributed by atoms with van der Waals surface area (Å²) in [5, 5.41) is 18.8. The summed E-state index contributed by atoms with van der Waals surface area (Å²) in [5.74, 6) is 0. The van der Waals surface area contributed by atoms with Crippen LogP contribution in [0.15, 0.2) is 0 Å². The first kappa shape index (κ1) is 62.6. The predicted molar refractivity (Wildman–Crippen MR) is 268 cm³/mol. The lowest BCUT2D eigenvalue weighted by atomic mass is 10.0. The summed E-state index contributed by atoms with van der Waals surface area (Å²) >= 11 is 0. The van der Waals surface area contributed by atoms with E-state index in [0.717, 1.165) is 38.0 Å². The molecule has 0 saturated carbocycles. The summed E-state index contributed by atoms with van der Waals surface area (Å²) in [7, 11) is -11.8. The zero-order valence-corrected chi connectivity index (χ0v) is 47.4. The molecule has 0 amide bonds. The number of aliphatic hydroxyl groups excluding tert-OH is 2. The van der Waals surface area contributed by atoms with Crippen molar-refractivity contribution in [3.63, 3.8) is 0 Å². The maximum absolute atomic E-state index is 9.65. The summed E-state index contributed by atoms with van der Waals surface area (Å²) in [4.78, 5) is 0. The van der Waals surface area contributed by atoms with Crippen molar-refractivity contribution in [2.24, 2.45) is 0 Å². The molecule has 0 aliphatic rings. The predicted octanol–water partition coefficient (Wildman–Crippen LogP) is 11.1. The van der Waals surface area contributed by atoms with Gasteiger partial charge in [0.15, 0.2) is 16.6 Å². The lowest BCUT2D eigenvalue weighted by Crippen LogP contribution is -2.60. The van der Waals surface area contributed by atoms with Gasteiger partial charge in [-0.2, -0.15) is 0 Å². The lowest BCUT2D eigenvalue weighted by molar-refractivity contribution is -0.0112. The van der Waals surface area contributed by atoms with Crippen LogP contribution in [0.1, 0.15) is 122 Å². The monoisotopic (exact) mass is 975 g/mol. The first-order valence-corrected chi connectivity index (χ1v) is 39.6. The average Bonchev–Trinajstić information content (AvgIpc) is 3.16. The maximum Gasteiger partial charge on any atom is 0.317 e. The highest BCUT2D eigenvalue weighted by Crippen LogP contribution is 2.32. The molecule has 0 aromatic heterocycles. The van der Waals surface area contributed by atoms with Gasteiger partial charge in [-0.3, -0.25) is 0 Å². The molecule has 12 nitrogen and oxygen atoms in total. The van der Waals surface area contributed by atoms with Crippen molar-refractivity contribution in [3.05, 3.63) is 0 Å². The van der Waals surface area contributed by atoms with Crippen molar-refractivity contribution in [3.8, 4) is 0 Å². The average molecular weight is 976 g/mol. The third-order valence-corrected chi connectivity index (χ3v) is 28.2. The molecule has 0 radical (unpaired) electrons. The second-order valence-electron chi connectivity index (χ2n) is 19.8. The van der Waals surface area contributed by atoms with Gasteiger partial charge in [0.2, 0.25) is 0 Å². The van der Waals surface area contributed by atoms with Gasteiger partial charge >= 0.3 is 25.7 Å². The largest absolute Gasteiger partial charge is 0.437 e. The van der Waals surface area contributed by atoms with Crippen LogP contribution in [-0.4, -0.2) is 145 Å². The van der Waals surface area contributed by atoms with E-state index in [4.69, 9.17) is 50.0 Å². The minimum Gasteiger partial charge on any atom is -0.437 e. The Morgan fingerprint density at radius 2 is 0.677 bits per heavy atom. The van der Waals surface area contributed by atoms with E-state index in [0.29, 0.717) is 66.1 Å². The van der Waals surface area contributed by atoms with Crippen LogP contribution in [0.5, 0.6) is 0 Å². The van der Waals surface area contributed by atoms with Crippen LogP contribution < -0.4 is 0 Å². The quantitative estimate of drug-likeness (QED) is 0.0444. The molecule has 3 atom stereocenters. The van der Waals surface area contributed by atoms with E-state index in [9.17, 15) is 5.11 Å². The summed E-state index contributed by atoms with van der Waals surface area (Å²) in [5.41, 5.74) is 0. The van der Waals surface area contributed by atoms with Gasteiger partial charge in [0.1, 0.15) is 6.10 Å². The van der Waals surface area contributed by atoms with E-state index in [-0.39, 0.29) is 13.2 Å². The molecule has 62 heavy (non-hydrogen) atoms. The second-order valence-corrected chi connectivity index (χ2v) is 39.8. The van der Waals surface area contributed by atoms with Crippen LogP contribution in [0.4, 0.5) is 0 Å². The van der Waals surface area contributed by atoms with E-state index in [1.165, 1.54) is 96.3 Å². The molecule has 0 aromatic carbocycles. The second kappa shape index (κ2) is 38.6. The van der Waals surface area contributed by atoms with Gasteiger partial charge in [-0.15, -0.1) is 0 Å². The molecule has 0 spiro atoms. The Hall–Kier alpha value is 0.604. The molecule has 0 saturated heterocycles. The first-order chi connectivity index (χ1) is 29.3. The molecular weight excluding hydrogens is 873 g/mol. The van der Waals surface area contributed by atoms with Crippen molar-refractivity contribution in [2.45, 2.75) is 206 Å². The first-order valence-electron chi connectivity index (χ1n) is 24.9. The molecule has 0 heterocycles. The number of hydrogen-bond donors (Lipinski definition) is 2. The summed E-state index contributed by atoms with van der Waals surface area (Å²) < 4.78 is 62.0. The van der Waals surface area contributed by atoms with Gasteiger partial charge in [-0.1, -0.05) is 103 Å². The zero-order chi connectivity index (χ0) is 46.5. The van der Waals surface area contributed by atoms with Crippen molar-refractivity contribution >= 4 is 42.3 Å². The normalized spacial score (nSPS) is 15.2. The number of aliphatic hydroxyl groups is 2. The fourth-order valence-corrected chi connectivity index (χ4v) is 31.3. The summed E-state index contributed by atoms with van der Waals surface area (Å²) in [6.07, 6.45) is 22.8. The maximum atomic E-state index is 9.65. The standard InChI is InChI=1S/C45H102O12Si5/c1-12-13-14-15-16-17-18-19-20-21-22-23-24-25-26-27-30-48-33-35-50-37-39-52-40-38-51-36-34-49-31-28-42-62(11,56-60(8,9)54-58(2,3)4)57-61(10,55-59(5,6)7)41-29-32-53-44-45(47)43-46/h45-47H,12-44H2,1-11H3. The number of rotatable bonds is 48. The number of unbranched alkanes of at least 4 members (excludes halogenated alkanes) is 15. The SMILES string of the molecule is CCCCCCCCCCCCCCCCCCOCCOCCOCCOCCOCCC[Si](C)(O[Si](C)(C)O[Si](C)(C)C)O[Si](C)(CCCOCC(O)CO)O[Si](C)(C)C. The molecule has 3 unspecified atom stereocenters. The highest BCUT2D eigenvalue weighted by Gasteiger charge is 2.48. The molecule has 0 rings (SSSR count). The van der Waals surface area contributed by atoms with Crippen LogP contribution in [0, 0.1) is 0 Å². The molecule has 374 valence electrons. The van der Waals surface area contributed by atoms with Gasteiger partial charge in [0, 0.05) is 19.8 Å². The van der Waals surface area contributed by atoms with Crippen molar-refractivity contribution in [1.29, 1.82) is 0 Å². The van der Waals surface area contributed by atoms with Crippen LogP contribution in [0.25, 0.3) is 0 Å². The van der Waals surface area contributed by atoms with Gasteiger partial charge in [-0.05, 0) is 96.8 Å². The fraction of sp³-hybridized carbons (Fsp3) is 1.00. The van der Waals surface area contributed by atoms with Crippen LogP contribution in [-0.2, 0) is 44.9 Å². The highest BCUT2D eigenvalue weighted by atomic mass is 28.5.